The maximum atomic E-state index is 6.25. The first-order valence-electron chi connectivity index (χ1n) is 5.26. The third-order valence-electron chi connectivity index (χ3n) is 2.77. The van der Waals surface area contributed by atoms with Crippen LogP contribution in [0.15, 0.2) is 30.3 Å². The second kappa shape index (κ2) is 3.71. The topological polar surface area (TPSA) is 38.0 Å². The Morgan fingerprint density at radius 2 is 2.00 bits per heavy atom. The van der Waals surface area contributed by atoms with E-state index in [0.29, 0.717) is 0 Å². The molecule has 0 bridgehead atoms. The van der Waals surface area contributed by atoms with Crippen molar-refractivity contribution in [1.82, 2.24) is 5.32 Å². The molecule has 0 radical (unpaired) electrons. The summed E-state index contributed by atoms with van der Waals surface area (Å²) in [5.74, 6) is 0. The van der Waals surface area contributed by atoms with Gasteiger partial charge in [0.2, 0.25) is 0 Å². The predicted molar refractivity (Wildman–Crippen MR) is 59.0 cm³/mol. The average Bonchev–Trinajstić information content (AvgIpc) is 3.00. The van der Waals surface area contributed by atoms with Crippen molar-refractivity contribution in [3.8, 4) is 0 Å². The molecule has 14 heavy (non-hydrogen) atoms. The van der Waals surface area contributed by atoms with Crippen LogP contribution < -0.4 is 11.1 Å². The fraction of sp³-hybridized carbons (Fsp3) is 0.500. The SMILES string of the molecule is CC(N)(CNC1CC1)c1ccccc1. The summed E-state index contributed by atoms with van der Waals surface area (Å²) in [6.45, 7) is 2.94. The Labute approximate surface area is 85.5 Å². The van der Waals surface area contributed by atoms with Crippen molar-refractivity contribution in [2.75, 3.05) is 6.54 Å². The highest BCUT2D eigenvalue weighted by molar-refractivity contribution is 5.23. The highest BCUT2D eigenvalue weighted by atomic mass is 15.0. The van der Waals surface area contributed by atoms with E-state index in [4.69, 9.17) is 5.73 Å². The van der Waals surface area contributed by atoms with Crippen molar-refractivity contribution >= 4 is 0 Å². The molecule has 2 heteroatoms. The summed E-state index contributed by atoms with van der Waals surface area (Å²) in [6, 6.07) is 11.0. The van der Waals surface area contributed by atoms with E-state index < -0.39 is 0 Å². The molecule has 76 valence electrons. The molecule has 1 aromatic rings. The van der Waals surface area contributed by atoms with Gasteiger partial charge >= 0.3 is 0 Å². The Morgan fingerprint density at radius 3 is 2.57 bits per heavy atom. The van der Waals surface area contributed by atoms with Crippen molar-refractivity contribution in [3.05, 3.63) is 35.9 Å². The first-order valence-corrected chi connectivity index (χ1v) is 5.26. The molecule has 0 amide bonds. The normalized spacial score (nSPS) is 20.4. The Morgan fingerprint density at radius 1 is 1.36 bits per heavy atom. The zero-order chi connectivity index (χ0) is 10.0. The van der Waals surface area contributed by atoms with Crippen LogP contribution in [0, 0.1) is 0 Å². The van der Waals surface area contributed by atoms with Crippen LogP contribution in [-0.2, 0) is 5.54 Å². The Bertz CT molecular complexity index is 288. The van der Waals surface area contributed by atoms with Gasteiger partial charge in [-0.25, -0.2) is 0 Å². The van der Waals surface area contributed by atoms with Gasteiger partial charge in [-0.1, -0.05) is 30.3 Å². The standard InChI is InChI=1S/C12H18N2/c1-12(13,9-14-11-7-8-11)10-5-3-2-4-6-10/h2-6,11,14H,7-9,13H2,1H3. The lowest BCUT2D eigenvalue weighted by molar-refractivity contribution is 0.445. The third kappa shape index (κ3) is 2.34. The van der Waals surface area contributed by atoms with Crippen molar-refractivity contribution in [3.63, 3.8) is 0 Å². The van der Waals surface area contributed by atoms with Gasteiger partial charge in [0.05, 0.1) is 5.54 Å². The molecule has 1 fully saturated rings. The van der Waals surface area contributed by atoms with Crippen LogP contribution in [0.5, 0.6) is 0 Å². The van der Waals surface area contributed by atoms with Gasteiger partial charge in [-0.3, -0.25) is 0 Å². The Hall–Kier alpha value is -0.860. The van der Waals surface area contributed by atoms with E-state index in [1.165, 1.54) is 18.4 Å². The van der Waals surface area contributed by atoms with E-state index in [-0.39, 0.29) is 5.54 Å². The smallest absolute Gasteiger partial charge is 0.0507 e. The van der Waals surface area contributed by atoms with Crippen molar-refractivity contribution < 1.29 is 0 Å². The molecule has 1 unspecified atom stereocenters. The van der Waals surface area contributed by atoms with Gasteiger partial charge in [0.25, 0.3) is 0 Å². The first-order chi connectivity index (χ1) is 6.68. The van der Waals surface area contributed by atoms with E-state index in [9.17, 15) is 0 Å². The monoisotopic (exact) mass is 190 g/mol. The molecule has 0 heterocycles. The van der Waals surface area contributed by atoms with E-state index in [2.05, 4.69) is 24.4 Å². The fourth-order valence-corrected chi connectivity index (χ4v) is 1.56. The predicted octanol–water partition coefficient (Wildman–Crippen LogP) is 1.61. The summed E-state index contributed by atoms with van der Waals surface area (Å²) in [7, 11) is 0. The third-order valence-corrected chi connectivity index (χ3v) is 2.77. The molecule has 1 saturated carbocycles. The molecule has 0 aromatic heterocycles. The van der Waals surface area contributed by atoms with Crippen LogP contribution in [0.1, 0.15) is 25.3 Å². The minimum Gasteiger partial charge on any atom is -0.321 e. The number of rotatable bonds is 4. The molecule has 1 aromatic carbocycles. The molecular formula is C12H18N2. The van der Waals surface area contributed by atoms with Gasteiger partial charge in [0, 0.05) is 12.6 Å². The summed E-state index contributed by atoms with van der Waals surface area (Å²) in [6.07, 6.45) is 2.62. The highest BCUT2D eigenvalue weighted by Crippen LogP contribution is 2.21. The van der Waals surface area contributed by atoms with E-state index >= 15 is 0 Å². The van der Waals surface area contributed by atoms with Gasteiger partial charge in [-0.05, 0) is 25.3 Å². The summed E-state index contributed by atoms with van der Waals surface area (Å²) < 4.78 is 0. The number of hydrogen-bond acceptors (Lipinski definition) is 2. The minimum atomic E-state index is -0.246. The second-order valence-electron chi connectivity index (χ2n) is 4.44. The zero-order valence-corrected chi connectivity index (χ0v) is 8.66. The fourth-order valence-electron chi connectivity index (χ4n) is 1.56. The van der Waals surface area contributed by atoms with Crippen LogP contribution in [0.3, 0.4) is 0 Å². The minimum absolute atomic E-state index is 0.246. The molecular weight excluding hydrogens is 172 g/mol. The summed E-state index contributed by atoms with van der Waals surface area (Å²) in [5, 5.41) is 3.47. The molecule has 1 aliphatic carbocycles. The van der Waals surface area contributed by atoms with E-state index in [1.807, 2.05) is 18.2 Å². The number of nitrogens with one attached hydrogen (secondary N) is 1. The van der Waals surface area contributed by atoms with Crippen LogP contribution in [0.4, 0.5) is 0 Å². The van der Waals surface area contributed by atoms with Crippen LogP contribution in [-0.4, -0.2) is 12.6 Å². The molecule has 0 saturated heterocycles. The van der Waals surface area contributed by atoms with E-state index in [1.54, 1.807) is 0 Å². The molecule has 2 nitrogen and oxygen atoms in total. The lowest BCUT2D eigenvalue weighted by Crippen LogP contribution is -2.43. The Balaban J connectivity index is 1.99. The number of benzene rings is 1. The summed E-state index contributed by atoms with van der Waals surface area (Å²) in [5.41, 5.74) is 7.21. The van der Waals surface area contributed by atoms with Gasteiger partial charge in [0.15, 0.2) is 0 Å². The van der Waals surface area contributed by atoms with Crippen LogP contribution in [0.2, 0.25) is 0 Å². The maximum absolute atomic E-state index is 6.25. The van der Waals surface area contributed by atoms with Crippen LogP contribution >= 0.6 is 0 Å². The molecule has 0 aliphatic heterocycles. The van der Waals surface area contributed by atoms with Gasteiger partial charge < -0.3 is 11.1 Å². The van der Waals surface area contributed by atoms with E-state index in [0.717, 1.165) is 12.6 Å². The molecule has 3 N–H and O–H groups in total. The molecule has 2 rings (SSSR count). The van der Waals surface area contributed by atoms with Gasteiger partial charge in [0.1, 0.15) is 0 Å². The van der Waals surface area contributed by atoms with Gasteiger partial charge in [-0.15, -0.1) is 0 Å². The Kier molecular flexibility index (Phi) is 2.57. The van der Waals surface area contributed by atoms with Crippen LogP contribution in [0.25, 0.3) is 0 Å². The zero-order valence-electron chi connectivity index (χ0n) is 8.66. The quantitative estimate of drug-likeness (QED) is 0.757. The largest absolute Gasteiger partial charge is 0.321 e. The van der Waals surface area contributed by atoms with Crippen molar-refractivity contribution in [2.45, 2.75) is 31.3 Å². The highest BCUT2D eigenvalue weighted by Gasteiger charge is 2.26. The number of hydrogen-bond donors (Lipinski definition) is 2. The maximum Gasteiger partial charge on any atom is 0.0507 e. The first kappa shape index (κ1) is 9.69. The number of nitrogens with two attached hydrogens (primary N) is 1. The van der Waals surface area contributed by atoms with Gasteiger partial charge in [-0.2, -0.15) is 0 Å². The molecule has 1 atom stereocenters. The van der Waals surface area contributed by atoms with Crippen molar-refractivity contribution in [1.29, 1.82) is 0 Å². The lowest BCUT2D eigenvalue weighted by Gasteiger charge is -2.25. The molecule has 0 spiro atoms. The second-order valence-corrected chi connectivity index (χ2v) is 4.44. The summed E-state index contributed by atoms with van der Waals surface area (Å²) >= 11 is 0. The molecule has 1 aliphatic rings. The average molecular weight is 190 g/mol. The van der Waals surface area contributed by atoms with Crippen molar-refractivity contribution in [2.24, 2.45) is 5.73 Å². The summed E-state index contributed by atoms with van der Waals surface area (Å²) in [4.78, 5) is 0. The lowest BCUT2D eigenvalue weighted by atomic mass is 9.93.